The van der Waals surface area contributed by atoms with Crippen molar-refractivity contribution in [2.75, 3.05) is 36.9 Å². The number of benzene rings is 2. The zero-order chi connectivity index (χ0) is 16.5. The van der Waals surface area contributed by atoms with Crippen molar-refractivity contribution < 1.29 is 9.47 Å². The molecule has 0 heterocycles. The van der Waals surface area contributed by atoms with Gasteiger partial charge in [-0.15, -0.1) is 0 Å². The van der Waals surface area contributed by atoms with Gasteiger partial charge in [0, 0.05) is 43.0 Å². The Morgan fingerprint density at radius 3 is 2.09 bits per heavy atom. The average Bonchev–Trinajstić information content (AvgIpc) is 2.56. The van der Waals surface area contributed by atoms with Gasteiger partial charge in [-0.25, -0.2) is 0 Å². The second kappa shape index (κ2) is 8.93. The van der Waals surface area contributed by atoms with E-state index in [1.807, 2.05) is 36.4 Å². The van der Waals surface area contributed by atoms with Gasteiger partial charge in [-0.1, -0.05) is 12.1 Å². The summed E-state index contributed by atoms with van der Waals surface area (Å²) in [6.07, 6.45) is 0.824. The number of nitrogens with zero attached hydrogens (tertiary/aromatic N) is 1. The van der Waals surface area contributed by atoms with Crippen molar-refractivity contribution in [2.24, 2.45) is 0 Å². The molecule has 0 aliphatic rings. The van der Waals surface area contributed by atoms with Crippen LogP contribution in [0, 0.1) is 0 Å². The van der Waals surface area contributed by atoms with E-state index in [2.05, 4.69) is 30.9 Å². The van der Waals surface area contributed by atoms with E-state index in [0.29, 0.717) is 18.9 Å². The molecule has 0 saturated heterocycles. The standard InChI is InChI=1S/C19H26N2O2/c1-3-21(4-2)17-9-6-11-19(15-17)23-13-7-12-22-18-10-5-8-16(20)14-18/h5-6,8-11,14-15H,3-4,7,12-13,20H2,1-2H3. The second-order valence-electron chi connectivity index (χ2n) is 5.29. The minimum absolute atomic E-state index is 0.610. The molecule has 0 spiro atoms. The van der Waals surface area contributed by atoms with E-state index >= 15 is 0 Å². The van der Waals surface area contributed by atoms with Crippen molar-refractivity contribution in [1.82, 2.24) is 0 Å². The maximum absolute atomic E-state index is 5.82. The first kappa shape index (κ1) is 17.0. The van der Waals surface area contributed by atoms with Crippen LogP contribution in [0.15, 0.2) is 48.5 Å². The summed E-state index contributed by atoms with van der Waals surface area (Å²) in [5.74, 6) is 1.70. The third-order valence-electron chi connectivity index (χ3n) is 3.63. The molecule has 0 amide bonds. The molecule has 0 aliphatic carbocycles. The van der Waals surface area contributed by atoms with E-state index in [9.17, 15) is 0 Å². The van der Waals surface area contributed by atoms with Crippen LogP contribution in [0.25, 0.3) is 0 Å². The number of rotatable bonds is 9. The highest BCUT2D eigenvalue weighted by Crippen LogP contribution is 2.21. The fourth-order valence-electron chi connectivity index (χ4n) is 2.40. The molecule has 2 N–H and O–H groups in total. The Bertz CT molecular complexity index is 597. The van der Waals surface area contributed by atoms with E-state index in [4.69, 9.17) is 15.2 Å². The summed E-state index contributed by atoms with van der Waals surface area (Å²) < 4.78 is 11.5. The van der Waals surface area contributed by atoms with Gasteiger partial charge in [-0.05, 0) is 38.1 Å². The van der Waals surface area contributed by atoms with Crippen molar-refractivity contribution in [3.63, 3.8) is 0 Å². The average molecular weight is 314 g/mol. The van der Waals surface area contributed by atoms with Gasteiger partial charge in [0.05, 0.1) is 13.2 Å². The molecular weight excluding hydrogens is 288 g/mol. The number of nitrogen functional groups attached to an aromatic ring is 1. The first-order valence-electron chi connectivity index (χ1n) is 8.19. The Labute approximate surface area is 138 Å². The summed E-state index contributed by atoms with van der Waals surface area (Å²) >= 11 is 0. The molecular formula is C19H26N2O2. The monoisotopic (exact) mass is 314 g/mol. The third kappa shape index (κ3) is 5.40. The SMILES string of the molecule is CCN(CC)c1cccc(OCCCOc2cccc(N)c2)c1. The number of nitrogens with two attached hydrogens (primary N) is 1. The van der Waals surface area contributed by atoms with E-state index < -0.39 is 0 Å². The van der Waals surface area contributed by atoms with Gasteiger partial charge in [0.1, 0.15) is 11.5 Å². The Morgan fingerprint density at radius 2 is 1.48 bits per heavy atom. The zero-order valence-corrected chi connectivity index (χ0v) is 14.0. The lowest BCUT2D eigenvalue weighted by Crippen LogP contribution is -2.21. The van der Waals surface area contributed by atoms with Crippen molar-refractivity contribution >= 4 is 11.4 Å². The van der Waals surface area contributed by atoms with Crippen LogP contribution in [0.3, 0.4) is 0 Å². The van der Waals surface area contributed by atoms with Gasteiger partial charge in [0.2, 0.25) is 0 Å². The second-order valence-corrected chi connectivity index (χ2v) is 5.29. The van der Waals surface area contributed by atoms with Gasteiger partial charge >= 0.3 is 0 Å². The molecule has 2 rings (SSSR count). The smallest absolute Gasteiger partial charge is 0.121 e. The number of anilines is 2. The number of hydrogen-bond donors (Lipinski definition) is 1. The quantitative estimate of drug-likeness (QED) is 0.562. The van der Waals surface area contributed by atoms with Crippen LogP contribution in [-0.2, 0) is 0 Å². The van der Waals surface area contributed by atoms with Gasteiger partial charge in [0.15, 0.2) is 0 Å². The molecule has 4 nitrogen and oxygen atoms in total. The van der Waals surface area contributed by atoms with E-state index in [1.165, 1.54) is 5.69 Å². The molecule has 0 aromatic heterocycles. The van der Waals surface area contributed by atoms with Crippen molar-refractivity contribution in [3.05, 3.63) is 48.5 Å². The van der Waals surface area contributed by atoms with Crippen LogP contribution >= 0.6 is 0 Å². The molecule has 4 heteroatoms. The summed E-state index contributed by atoms with van der Waals surface area (Å²) in [4.78, 5) is 2.30. The van der Waals surface area contributed by atoms with Gasteiger partial charge in [-0.2, -0.15) is 0 Å². The highest BCUT2D eigenvalue weighted by Gasteiger charge is 2.03. The molecule has 0 radical (unpaired) electrons. The van der Waals surface area contributed by atoms with Crippen LogP contribution in [0.1, 0.15) is 20.3 Å². The maximum atomic E-state index is 5.82. The minimum atomic E-state index is 0.610. The molecule has 0 saturated carbocycles. The largest absolute Gasteiger partial charge is 0.493 e. The van der Waals surface area contributed by atoms with Gasteiger partial charge < -0.3 is 20.1 Å². The summed E-state index contributed by atoms with van der Waals surface area (Å²) in [6, 6.07) is 15.7. The molecule has 2 aromatic rings. The summed E-state index contributed by atoms with van der Waals surface area (Å²) in [5.41, 5.74) is 7.63. The maximum Gasteiger partial charge on any atom is 0.121 e. The Kier molecular flexibility index (Phi) is 6.60. The topological polar surface area (TPSA) is 47.7 Å². The molecule has 0 atom stereocenters. The number of ether oxygens (including phenoxy) is 2. The van der Waals surface area contributed by atoms with E-state index in [-0.39, 0.29) is 0 Å². The first-order valence-corrected chi connectivity index (χ1v) is 8.19. The lowest BCUT2D eigenvalue weighted by molar-refractivity contribution is 0.247. The molecule has 0 unspecified atom stereocenters. The predicted molar refractivity (Wildman–Crippen MR) is 96.5 cm³/mol. The van der Waals surface area contributed by atoms with Crippen LogP contribution < -0.4 is 20.1 Å². The van der Waals surface area contributed by atoms with E-state index in [0.717, 1.165) is 31.0 Å². The molecule has 0 fully saturated rings. The minimum Gasteiger partial charge on any atom is -0.493 e. The highest BCUT2D eigenvalue weighted by atomic mass is 16.5. The van der Waals surface area contributed by atoms with Gasteiger partial charge in [-0.3, -0.25) is 0 Å². The third-order valence-corrected chi connectivity index (χ3v) is 3.63. The van der Waals surface area contributed by atoms with Crippen molar-refractivity contribution in [1.29, 1.82) is 0 Å². The molecule has 0 aliphatic heterocycles. The van der Waals surface area contributed by atoms with E-state index in [1.54, 1.807) is 0 Å². The molecule has 23 heavy (non-hydrogen) atoms. The fourth-order valence-corrected chi connectivity index (χ4v) is 2.40. The van der Waals surface area contributed by atoms with Crippen LogP contribution in [0.4, 0.5) is 11.4 Å². The van der Waals surface area contributed by atoms with Crippen molar-refractivity contribution in [3.8, 4) is 11.5 Å². The summed E-state index contributed by atoms with van der Waals surface area (Å²) in [5, 5.41) is 0. The fraction of sp³-hybridized carbons (Fsp3) is 0.368. The molecule has 124 valence electrons. The Hall–Kier alpha value is -2.36. The summed E-state index contributed by atoms with van der Waals surface area (Å²) in [6.45, 7) is 7.54. The number of hydrogen-bond acceptors (Lipinski definition) is 4. The highest BCUT2D eigenvalue weighted by molar-refractivity contribution is 5.50. The van der Waals surface area contributed by atoms with Crippen LogP contribution in [-0.4, -0.2) is 26.3 Å². The normalized spacial score (nSPS) is 10.3. The predicted octanol–water partition coefficient (Wildman–Crippen LogP) is 3.96. The van der Waals surface area contributed by atoms with Crippen LogP contribution in [0.5, 0.6) is 11.5 Å². The molecule has 2 aromatic carbocycles. The Balaban J connectivity index is 1.75. The zero-order valence-electron chi connectivity index (χ0n) is 14.0. The van der Waals surface area contributed by atoms with Gasteiger partial charge in [0.25, 0.3) is 0 Å². The summed E-state index contributed by atoms with van der Waals surface area (Å²) in [7, 11) is 0. The van der Waals surface area contributed by atoms with Crippen molar-refractivity contribution in [2.45, 2.75) is 20.3 Å². The lowest BCUT2D eigenvalue weighted by atomic mass is 10.2. The van der Waals surface area contributed by atoms with Crippen LogP contribution in [0.2, 0.25) is 0 Å². The first-order chi connectivity index (χ1) is 11.2. The molecule has 0 bridgehead atoms. The Morgan fingerprint density at radius 1 is 0.870 bits per heavy atom. The lowest BCUT2D eigenvalue weighted by Gasteiger charge is -2.21.